The van der Waals surface area contributed by atoms with Gasteiger partial charge >= 0.3 is 5.97 Å². The largest absolute Gasteiger partial charge is 0.480 e. The number of carboxylic acid groups (broad SMARTS) is 1. The maximum atomic E-state index is 11.3. The molecule has 1 saturated carbocycles. The fourth-order valence-electron chi connectivity index (χ4n) is 3.37. The predicted molar refractivity (Wildman–Crippen MR) is 87.6 cm³/mol. The summed E-state index contributed by atoms with van der Waals surface area (Å²) in [4.78, 5) is 13.8. The molecule has 1 rings (SSSR count). The number of unbranched alkanes of at least 4 members (excludes halogenated alkanes) is 1. The van der Waals surface area contributed by atoms with Crippen molar-refractivity contribution in [3.63, 3.8) is 0 Å². The van der Waals surface area contributed by atoms with Crippen molar-refractivity contribution in [1.82, 2.24) is 10.2 Å². The molecule has 4 heteroatoms. The summed E-state index contributed by atoms with van der Waals surface area (Å²) >= 11 is 0. The molecule has 0 aliphatic heterocycles. The lowest BCUT2D eigenvalue weighted by atomic mass is 9.86. The van der Waals surface area contributed by atoms with Crippen LogP contribution in [0.25, 0.3) is 0 Å². The van der Waals surface area contributed by atoms with E-state index >= 15 is 0 Å². The first kappa shape index (κ1) is 18.4. The van der Waals surface area contributed by atoms with E-state index in [4.69, 9.17) is 0 Å². The van der Waals surface area contributed by atoms with Gasteiger partial charge in [0.2, 0.25) is 0 Å². The summed E-state index contributed by atoms with van der Waals surface area (Å²) in [6, 6.07) is 0.737. The van der Waals surface area contributed by atoms with E-state index in [1.807, 2.05) is 6.92 Å². The van der Waals surface area contributed by atoms with E-state index in [-0.39, 0.29) is 0 Å². The van der Waals surface area contributed by atoms with E-state index in [9.17, 15) is 9.90 Å². The molecule has 124 valence electrons. The van der Waals surface area contributed by atoms with Crippen molar-refractivity contribution in [1.29, 1.82) is 0 Å². The first-order chi connectivity index (χ1) is 9.89. The average Bonchev–Trinajstić information content (AvgIpc) is 2.44. The van der Waals surface area contributed by atoms with Crippen LogP contribution in [0.15, 0.2) is 0 Å². The van der Waals surface area contributed by atoms with Crippen molar-refractivity contribution in [2.45, 2.75) is 77.3 Å². The minimum atomic E-state index is -0.770. The van der Waals surface area contributed by atoms with Crippen LogP contribution in [0.3, 0.4) is 0 Å². The molecule has 1 aliphatic rings. The summed E-state index contributed by atoms with van der Waals surface area (Å²) in [5, 5.41) is 12.4. The summed E-state index contributed by atoms with van der Waals surface area (Å²) in [5.41, 5.74) is -0.770. The van der Waals surface area contributed by atoms with Crippen molar-refractivity contribution in [3.8, 4) is 0 Å². The third-order valence-electron chi connectivity index (χ3n) is 5.09. The molecule has 0 radical (unpaired) electrons. The maximum Gasteiger partial charge on any atom is 0.323 e. The Kier molecular flexibility index (Phi) is 7.67. The van der Waals surface area contributed by atoms with Gasteiger partial charge in [-0.3, -0.25) is 4.79 Å². The Morgan fingerprint density at radius 3 is 2.43 bits per heavy atom. The second-order valence-corrected chi connectivity index (χ2v) is 7.02. The van der Waals surface area contributed by atoms with Crippen LogP contribution in [0.5, 0.6) is 0 Å². The van der Waals surface area contributed by atoms with Crippen LogP contribution in [-0.2, 0) is 4.79 Å². The van der Waals surface area contributed by atoms with Crippen molar-refractivity contribution in [2.24, 2.45) is 5.92 Å². The lowest BCUT2D eigenvalue weighted by Crippen LogP contribution is -2.49. The van der Waals surface area contributed by atoms with E-state index in [1.165, 1.54) is 25.7 Å². The Balaban J connectivity index is 2.25. The van der Waals surface area contributed by atoms with Gasteiger partial charge < -0.3 is 15.3 Å². The molecular weight excluding hydrogens is 264 g/mol. The number of carbonyl (C=O) groups is 1. The molecule has 0 aromatic carbocycles. The zero-order valence-electron chi connectivity index (χ0n) is 14.3. The van der Waals surface area contributed by atoms with Gasteiger partial charge in [0.1, 0.15) is 5.54 Å². The van der Waals surface area contributed by atoms with E-state index in [2.05, 4.69) is 24.2 Å². The molecule has 2 N–H and O–H groups in total. The number of rotatable bonds is 9. The lowest BCUT2D eigenvalue weighted by Gasteiger charge is -2.34. The Bertz CT molecular complexity index is 314. The molecule has 0 heterocycles. The summed E-state index contributed by atoms with van der Waals surface area (Å²) in [7, 11) is 2.22. The molecule has 0 aromatic heterocycles. The number of aliphatic carboxylic acids is 1. The summed E-state index contributed by atoms with van der Waals surface area (Å²) < 4.78 is 0. The van der Waals surface area contributed by atoms with Crippen LogP contribution in [-0.4, -0.2) is 47.7 Å². The first-order valence-corrected chi connectivity index (χ1v) is 8.57. The van der Waals surface area contributed by atoms with Gasteiger partial charge in [-0.1, -0.05) is 13.8 Å². The fourth-order valence-corrected chi connectivity index (χ4v) is 3.37. The highest BCUT2D eigenvalue weighted by atomic mass is 16.4. The molecule has 0 aromatic rings. The molecule has 0 saturated heterocycles. The molecule has 0 bridgehead atoms. The Morgan fingerprint density at radius 1 is 1.29 bits per heavy atom. The molecular formula is C17H34N2O2. The standard InChI is InChI=1S/C17H34N2O2/c1-5-18-17(3,16(20)21)12-6-7-13-19(4)15-10-8-14(2)9-11-15/h14-15,18H,5-13H2,1-4H3,(H,20,21). The Labute approximate surface area is 130 Å². The van der Waals surface area contributed by atoms with Crippen LogP contribution in [0.1, 0.15) is 65.7 Å². The van der Waals surface area contributed by atoms with Gasteiger partial charge in [-0.15, -0.1) is 0 Å². The number of nitrogens with one attached hydrogen (secondary N) is 1. The zero-order chi connectivity index (χ0) is 15.9. The quantitative estimate of drug-likeness (QED) is 0.642. The normalized spacial score (nSPS) is 25.8. The topological polar surface area (TPSA) is 52.6 Å². The number of likely N-dealkylation sites (N-methyl/N-ethyl adjacent to an activating group) is 1. The van der Waals surface area contributed by atoms with Gasteiger partial charge in [0, 0.05) is 6.04 Å². The van der Waals surface area contributed by atoms with Crippen LogP contribution in [0.2, 0.25) is 0 Å². The minimum absolute atomic E-state index is 0.697. The zero-order valence-corrected chi connectivity index (χ0v) is 14.3. The molecule has 1 unspecified atom stereocenters. The third-order valence-corrected chi connectivity index (χ3v) is 5.09. The third kappa shape index (κ3) is 5.95. The number of hydrogen-bond donors (Lipinski definition) is 2. The van der Waals surface area contributed by atoms with Gasteiger partial charge in [0.05, 0.1) is 0 Å². The first-order valence-electron chi connectivity index (χ1n) is 8.57. The monoisotopic (exact) mass is 298 g/mol. The van der Waals surface area contributed by atoms with Crippen molar-refractivity contribution in [2.75, 3.05) is 20.1 Å². The Morgan fingerprint density at radius 2 is 1.90 bits per heavy atom. The van der Waals surface area contributed by atoms with Gasteiger partial charge in [-0.2, -0.15) is 0 Å². The summed E-state index contributed by atoms with van der Waals surface area (Å²) in [6.45, 7) is 7.89. The lowest BCUT2D eigenvalue weighted by molar-refractivity contribution is -0.144. The van der Waals surface area contributed by atoms with Crippen molar-refractivity contribution < 1.29 is 9.90 Å². The SMILES string of the molecule is CCNC(C)(CCCCN(C)C1CCC(C)CC1)C(=O)O. The number of hydrogen-bond acceptors (Lipinski definition) is 3. The number of carboxylic acids is 1. The van der Waals surface area contributed by atoms with Crippen LogP contribution < -0.4 is 5.32 Å². The average molecular weight is 298 g/mol. The molecule has 0 spiro atoms. The van der Waals surface area contributed by atoms with E-state index in [1.54, 1.807) is 6.92 Å². The molecule has 0 amide bonds. The van der Waals surface area contributed by atoms with Crippen molar-refractivity contribution in [3.05, 3.63) is 0 Å². The highest BCUT2D eigenvalue weighted by molar-refractivity contribution is 5.78. The van der Waals surface area contributed by atoms with Crippen molar-refractivity contribution >= 4 is 5.97 Å². The summed E-state index contributed by atoms with van der Waals surface area (Å²) in [6.07, 6.45) is 8.09. The van der Waals surface area contributed by atoms with E-state index < -0.39 is 11.5 Å². The smallest absolute Gasteiger partial charge is 0.323 e. The second kappa shape index (κ2) is 8.74. The maximum absolute atomic E-state index is 11.3. The second-order valence-electron chi connectivity index (χ2n) is 7.02. The van der Waals surface area contributed by atoms with Crippen LogP contribution in [0.4, 0.5) is 0 Å². The predicted octanol–water partition coefficient (Wildman–Crippen LogP) is 3.12. The number of nitrogens with zero attached hydrogens (tertiary/aromatic N) is 1. The highest BCUT2D eigenvalue weighted by Crippen LogP contribution is 2.26. The minimum Gasteiger partial charge on any atom is -0.480 e. The molecule has 1 fully saturated rings. The van der Waals surface area contributed by atoms with E-state index in [0.717, 1.165) is 31.3 Å². The van der Waals surface area contributed by atoms with Gasteiger partial charge in [-0.05, 0) is 77.9 Å². The molecule has 1 aliphatic carbocycles. The Hall–Kier alpha value is -0.610. The molecule has 21 heavy (non-hydrogen) atoms. The van der Waals surface area contributed by atoms with Crippen LogP contribution >= 0.6 is 0 Å². The van der Waals surface area contributed by atoms with E-state index in [0.29, 0.717) is 13.0 Å². The summed E-state index contributed by atoms with van der Waals surface area (Å²) in [5.74, 6) is 0.157. The fraction of sp³-hybridized carbons (Fsp3) is 0.941. The molecule has 1 atom stereocenters. The van der Waals surface area contributed by atoms with Gasteiger partial charge in [-0.25, -0.2) is 0 Å². The van der Waals surface area contributed by atoms with Gasteiger partial charge in [0.15, 0.2) is 0 Å². The van der Waals surface area contributed by atoms with Crippen LogP contribution in [0, 0.1) is 5.92 Å². The highest BCUT2D eigenvalue weighted by Gasteiger charge is 2.31. The molecule has 4 nitrogen and oxygen atoms in total. The van der Waals surface area contributed by atoms with Gasteiger partial charge in [0.25, 0.3) is 0 Å².